The summed E-state index contributed by atoms with van der Waals surface area (Å²) >= 11 is 1.68. The van der Waals surface area contributed by atoms with Crippen molar-refractivity contribution in [1.29, 1.82) is 0 Å². The molecule has 1 aromatic carbocycles. The molecule has 1 aliphatic heterocycles. The van der Waals surface area contributed by atoms with Gasteiger partial charge in [0, 0.05) is 45.3 Å². The Hall–Kier alpha value is -2.82. The number of pyridine rings is 1. The number of anilines is 2. The van der Waals surface area contributed by atoms with E-state index in [0.717, 1.165) is 17.1 Å². The first-order valence-corrected chi connectivity index (χ1v) is 12.2. The lowest BCUT2D eigenvalue weighted by Gasteiger charge is -2.39. The monoisotopic (exact) mass is 491 g/mol. The number of nitrogens with zero attached hydrogens (tertiary/aromatic N) is 4. The molecule has 0 aliphatic carbocycles. The lowest BCUT2D eigenvalue weighted by atomic mass is 10.1. The van der Waals surface area contributed by atoms with Crippen LogP contribution >= 0.6 is 11.3 Å². The Morgan fingerprint density at radius 3 is 2.65 bits per heavy atom. The fraction of sp³-hybridized carbons (Fsp3) is 0.458. The van der Waals surface area contributed by atoms with Crippen LogP contribution < -0.4 is 10.2 Å². The van der Waals surface area contributed by atoms with Gasteiger partial charge in [-0.25, -0.2) is 14.4 Å². The number of carbonyl (C=O) groups is 1. The Kier molecular flexibility index (Phi) is 11.1. The van der Waals surface area contributed by atoms with E-state index >= 15 is 0 Å². The van der Waals surface area contributed by atoms with Crippen LogP contribution in [0.15, 0.2) is 36.5 Å². The van der Waals surface area contributed by atoms with Crippen LogP contribution in [0.4, 0.5) is 15.3 Å². The fourth-order valence-electron chi connectivity index (χ4n) is 3.51. The van der Waals surface area contributed by atoms with Crippen molar-refractivity contribution < 1.29 is 19.4 Å². The van der Waals surface area contributed by atoms with Crippen molar-refractivity contribution in [3.05, 3.63) is 47.9 Å². The summed E-state index contributed by atoms with van der Waals surface area (Å²) in [6, 6.07) is 9.45. The molecule has 8 nitrogen and oxygen atoms in total. The molecule has 0 bridgehead atoms. The number of aromatic nitrogens is 2. The van der Waals surface area contributed by atoms with Gasteiger partial charge in [0.05, 0.1) is 22.9 Å². The number of hydrogen-bond donors (Lipinski definition) is 3. The van der Waals surface area contributed by atoms with Crippen LogP contribution in [0.1, 0.15) is 26.3 Å². The number of amides is 1. The molecule has 3 N–H and O–H groups in total. The third kappa shape index (κ3) is 7.34. The van der Waals surface area contributed by atoms with Gasteiger partial charge in [0.1, 0.15) is 0 Å². The maximum absolute atomic E-state index is 14.2. The lowest BCUT2D eigenvalue weighted by molar-refractivity contribution is -0.118. The fourth-order valence-corrected chi connectivity index (χ4v) is 4.32. The molecule has 2 atom stereocenters. The average Bonchev–Trinajstić information content (AvgIpc) is 3.29. The zero-order valence-corrected chi connectivity index (χ0v) is 20.9. The summed E-state index contributed by atoms with van der Waals surface area (Å²) in [4.78, 5) is 22.7. The molecule has 2 aromatic heterocycles. The van der Waals surface area contributed by atoms with Crippen LogP contribution in [0.2, 0.25) is 0 Å². The van der Waals surface area contributed by atoms with Crippen LogP contribution in [0, 0.1) is 5.82 Å². The summed E-state index contributed by atoms with van der Waals surface area (Å²) in [5.41, 5.74) is 1.61. The van der Waals surface area contributed by atoms with Gasteiger partial charge in [-0.3, -0.25) is 4.79 Å². The molecule has 0 unspecified atom stereocenters. The second-order valence-electron chi connectivity index (χ2n) is 7.57. The van der Waals surface area contributed by atoms with Gasteiger partial charge in [0.15, 0.2) is 16.8 Å². The molecular weight excluding hydrogens is 457 g/mol. The first-order valence-electron chi connectivity index (χ1n) is 11.4. The number of rotatable bonds is 6. The van der Waals surface area contributed by atoms with Crippen LogP contribution in [0.5, 0.6) is 0 Å². The third-order valence-electron chi connectivity index (χ3n) is 5.15. The summed E-state index contributed by atoms with van der Waals surface area (Å²) in [7, 11) is 1.89. The number of benzene rings is 1. The molecule has 0 spiro atoms. The van der Waals surface area contributed by atoms with E-state index in [1.165, 1.54) is 17.0 Å². The van der Waals surface area contributed by atoms with Gasteiger partial charge in [-0.15, -0.1) is 0 Å². The molecule has 0 radical (unpaired) electrons. The minimum atomic E-state index is -0.910. The minimum Gasteiger partial charge on any atom is -0.394 e. The highest BCUT2D eigenvalue weighted by atomic mass is 32.1. The Balaban J connectivity index is 0.000000262. The molecule has 1 saturated heterocycles. The Bertz CT molecular complexity index is 1000. The predicted molar refractivity (Wildman–Crippen MR) is 136 cm³/mol. The van der Waals surface area contributed by atoms with Crippen LogP contribution in [-0.2, 0) is 11.2 Å². The topological polar surface area (TPSA) is 102 Å². The van der Waals surface area contributed by atoms with E-state index in [1.54, 1.807) is 16.2 Å². The SMILES string of the molecule is CC.CNc1nc2ccccc2s1.C[C@H]1CN(C=O)CCN1c1ncc(C[C@@H](O)CO)cc1F. The van der Waals surface area contributed by atoms with Crippen LogP contribution in [-0.4, -0.2) is 76.9 Å². The molecule has 4 rings (SSSR count). The van der Waals surface area contributed by atoms with Crippen molar-refractivity contribution in [3.8, 4) is 0 Å². The van der Waals surface area contributed by atoms with E-state index in [2.05, 4.69) is 21.4 Å². The third-order valence-corrected chi connectivity index (χ3v) is 6.20. The van der Waals surface area contributed by atoms with Gasteiger partial charge >= 0.3 is 0 Å². The highest BCUT2D eigenvalue weighted by Gasteiger charge is 2.26. The van der Waals surface area contributed by atoms with Crippen LogP contribution in [0.25, 0.3) is 10.2 Å². The normalized spacial score (nSPS) is 16.1. The predicted octanol–water partition coefficient (Wildman–Crippen LogP) is 3.15. The number of hydrogen-bond acceptors (Lipinski definition) is 8. The molecule has 3 aromatic rings. The van der Waals surface area contributed by atoms with Crippen molar-refractivity contribution in [2.45, 2.75) is 39.3 Å². The number of piperazine rings is 1. The number of carbonyl (C=O) groups excluding carboxylic acids is 1. The number of aliphatic hydroxyl groups is 2. The Morgan fingerprint density at radius 1 is 1.32 bits per heavy atom. The molecule has 10 heteroatoms. The highest BCUT2D eigenvalue weighted by Crippen LogP contribution is 2.24. The van der Waals surface area contributed by atoms with Crippen molar-refractivity contribution in [2.75, 3.05) is 43.5 Å². The van der Waals surface area contributed by atoms with E-state index in [4.69, 9.17) is 5.11 Å². The van der Waals surface area contributed by atoms with Crippen molar-refractivity contribution in [2.24, 2.45) is 0 Å². The summed E-state index contributed by atoms with van der Waals surface area (Å²) in [6.07, 6.45) is 1.56. The van der Waals surface area contributed by atoms with E-state index in [9.17, 15) is 14.3 Å². The molecule has 3 heterocycles. The Labute approximate surface area is 204 Å². The standard InChI is InChI=1S/C14H20FN3O3.C8H8N2S.C2H6/c1-10-7-17(9-20)2-3-18(10)14-13(15)5-11(6-16-14)4-12(21)8-19;1-9-8-10-6-4-2-3-5-7(6)11-8;1-2/h5-6,9-10,12,19,21H,2-4,7-8H2,1H3;2-5H,1H3,(H,9,10);1-2H3/t10-,12+;;/m0../s1. The molecule has 1 aliphatic rings. The zero-order valence-electron chi connectivity index (χ0n) is 20.1. The number of fused-ring (bicyclic) bond motifs is 1. The number of halogens is 1. The van der Waals surface area contributed by atoms with E-state index in [0.29, 0.717) is 25.2 Å². The van der Waals surface area contributed by atoms with Gasteiger partial charge in [-0.1, -0.05) is 37.3 Å². The molecule has 0 saturated carbocycles. The summed E-state index contributed by atoms with van der Waals surface area (Å²) in [6.45, 7) is 7.16. The minimum absolute atomic E-state index is 0.0140. The molecule has 34 heavy (non-hydrogen) atoms. The zero-order chi connectivity index (χ0) is 25.1. The van der Waals surface area contributed by atoms with Gasteiger partial charge in [0.2, 0.25) is 6.41 Å². The van der Waals surface area contributed by atoms with Gasteiger partial charge in [-0.2, -0.15) is 0 Å². The number of para-hydroxylation sites is 1. The number of nitrogens with one attached hydrogen (secondary N) is 1. The number of aliphatic hydroxyl groups excluding tert-OH is 2. The molecule has 1 amide bonds. The summed E-state index contributed by atoms with van der Waals surface area (Å²) in [5, 5.41) is 22.2. The van der Waals surface area contributed by atoms with E-state index < -0.39 is 11.9 Å². The molecule has 1 fully saturated rings. The molecule has 186 valence electrons. The van der Waals surface area contributed by atoms with Crippen molar-refractivity contribution in [3.63, 3.8) is 0 Å². The quantitative estimate of drug-likeness (QED) is 0.455. The average molecular weight is 492 g/mol. The number of thiazole rings is 1. The summed E-state index contributed by atoms with van der Waals surface area (Å²) < 4.78 is 15.4. The maximum Gasteiger partial charge on any atom is 0.209 e. The highest BCUT2D eigenvalue weighted by molar-refractivity contribution is 7.22. The van der Waals surface area contributed by atoms with Crippen LogP contribution in [0.3, 0.4) is 0 Å². The summed E-state index contributed by atoms with van der Waals surface area (Å²) in [5.74, 6) is -0.195. The van der Waals surface area contributed by atoms with Gasteiger partial charge in [-0.05, 0) is 30.7 Å². The van der Waals surface area contributed by atoms with E-state index in [-0.39, 0.29) is 24.9 Å². The van der Waals surface area contributed by atoms with E-state index in [1.807, 2.05) is 50.9 Å². The van der Waals surface area contributed by atoms with Gasteiger partial charge < -0.3 is 25.3 Å². The lowest BCUT2D eigenvalue weighted by Crippen LogP contribution is -2.52. The first kappa shape index (κ1) is 27.4. The smallest absolute Gasteiger partial charge is 0.209 e. The van der Waals surface area contributed by atoms with Crippen molar-refractivity contribution >= 4 is 38.9 Å². The second-order valence-corrected chi connectivity index (χ2v) is 8.60. The second kappa shape index (κ2) is 13.8. The van der Waals surface area contributed by atoms with Crippen molar-refractivity contribution in [1.82, 2.24) is 14.9 Å². The van der Waals surface area contributed by atoms with Gasteiger partial charge in [0.25, 0.3) is 0 Å². The Morgan fingerprint density at radius 2 is 2.06 bits per heavy atom. The molecular formula is C24H34FN5O3S. The maximum atomic E-state index is 14.2. The first-order chi connectivity index (χ1) is 16.4. The largest absolute Gasteiger partial charge is 0.394 e.